The number of anilines is 3. The molecule has 1 heterocycles. The van der Waals surface area contributed by atoms with Gasteiger partial charge in [-0.15, -0.1) is 0 Å². The number of ketones is 1. The topological polar surface area (TPSA) is 118 Å². The third kappa shape index (κ3) is 4.10. The molecule has 0 spiro atoms. The SMILES string of the molecule is N#CC(C(=O)C1CCCCC1)c1nc(N)nc(Nc2ccccc2)n1. The lowest BCUT2D eigenvalue weighted by atomic mass is 9.82. The fourth-order valence-electron chi connectivity index (χ4n) is 3.12. The van der Waals surface area contributed by atoms with E-state index in [4.69, 9.17) is 5.73 Å². The van der Waals surface area contributed by atoms with Crippen LogP contribution in [0.4, 0.5) is 17.6 Å². The molecule has 2 aromatic rings. The molecule has 1 atom stereocenters. The molecular formula is C18H20N6O. The lowest BCUT2D eigenvalue weighted by Gasteiger charge is -2.22. The van der Waals surface area contributed by atoms with Crippen LogP contribution in [0, 0.1) is 17.2 Å². The number of carbonyl (C=O) groups is 1. The van der Waals surface area contributed by atoms with Crippen LogP contribution in [0.2, 0.25) is 0 Å². The summed E-state index contributed by atoms with van der Waals surface area (Å²) >= 11 is 0. The Morgan fingerprint density at radius 3 is 2.56 bits per heavy atom. The number of benzene rings is 1. The van der Waals surface area contributed by atoms with Gasteiger partial charge in [-0.05, 0) is 25.0 Å². The smallest absolute Gasteiger partial charge is 0.232 e. The van der Waals surface area contributed by atoms with E-state index in [1.165, 1.54) is 0 Å². The molecule has 3 rings (SSSR count). The van der Waals surface area contributed by atoms with E-state index < -0.39 is 5.92 Å². The predicted octanol–water partition coefficient (Wildman–Crippen LogP) is 2.95. The number of nitriles is 1. The molecule has 0 aliphatic heterocycles. The van der Waals surface area contributed by atoms with Gasteiger partial charge in [0.1, 0.15) is 0 Å². The van der Waals surface area contributed by atoms with E-state index >= 15 is 0 Å². The van der Waals surface area contributed by atoms with Crippen molar-refractivity contribution in [2.45, 2.75) is 38.0 Å². The highest BCUT2D eigenvalue weighted by atomic mass is 16.1. The molecule has 0 saturated heterocycles. The molecule has 1 aromatic carbocycles. The van der Waals surface area contributed by atoms with Crippen molar-refractivity contribution >= 4 is 23.4 Å². The van der Waals surface area contributed by atoms with Crippen LogP contribution in [0.5, 0.6) is 0 Å². The highest BCUT2D eigenvalue weighted by molar-refractivity contribution is 5.89. The van der Waals surface area contributed by atoms with Crippen LogP contribution < -0.4 is 11.1 Å². The lowest BCUT2D eigenvalue weighted by Crippen LogP contribution is -2.25. The summed E-state index contributed by atoms with van der Waals surface area (Å²) in [6, 6.07) is 11.4. The van der Waals surface area contributed by atoms with Gasteiger partial charge in [-0.1, -0.05) is 37.5 Å². The Bertz CT molecular complexity index is 780. The van der Waals surface area contributed by atoms with Crippen LogP contribution in [0.1, 0.15) is 43.8 Å². The van der Waals surface area contributed by atoms with Crippen molar-refractivity contribution in [2.24, 2.45) is 5.92 Å². The number of nitrogens with zero attached hydrogens (tertiary/aromatic N) is 4. The first kappa shape index (κ1) is 16.8. The molecule has 1 aliphatic carbocycles. The van der Waals surface area contributed by atoms with E-state index in [1.807, 2.05) is 36.4 Å². The van der Waals surface area contributed by atoms with Crippen LogP contribution in [0.3, 0.4) is 0 Å². The second-order valence-corrected chi connectivity index (χ2v) is 6.17. The highest BCUT2D eigenvalue weighted by Crippen LogP contribution is 2.29. The van der Waals surface area contributed by atoms with Gasteiger partial charge < -0.3 is 11.1 Å². The highest BCUT2D eigenvalue weighted by Gasteiger charge is 2.31. The van der Waals surface area contributed by atoms with E-state index in [9.17, 15) is 10.1 Å². The van der Waals surface area contributed by atoms with Crippen molar-refractivity contribution < 1.29 is 4.79 Å². The van der Waals surface area contributed by atoms with Crippen molar-refractivity contribution in [1.82, 2.24) is 15.0 Å². The number of para-hydroxylation sites is 1. The molecule has 0 amide bonds. The van der Waals surface area contributed by atoms with Crippen molar-refractivity contribution in [2.75, 3.05) is 11.1 Å². The zero-order valence-corrected chi connectivity index (χ0v) is 13.9. The fourth-order valence-corrected chi connectivity index (χ4v) is 3.12. The summed E-state index contributed by atoms with van der Waals surface area (Å²) in [5, 5.41) is 12.5. The Morgan fingerprint density at radius 1 is 1.16 bits per heavy atom. The van der Waals surface area contributed by atoms with Gasteiger partial charge in [0.25, 0.3) is 0 Å². The minimum Gasteiger partial charge on any atom is -0.368 e. The quantitative estimate of drug-likeness (QED) is 0.861. The van der Waals surface area contributed by atoms with E-state index in [0.29, 0.717) is 0 Å². The largest absolute Gasteiger partial charge is 0.368 e. The fraction of sp³-hybridized carbons (Fsp3) is 0.389. The van der Waals surface area contributed by atoms with Gasteiger partial charge in [0.05, 0.1) is 6.07 Å². The first-order valence-corrected chi connectivity index (χ1v) is 8.44. The summed E-state index contributed by atoms with van der Waals surface area (Å²) in [5.41, 5.74) is 6.54. The number of nitrogens with two attached hydrogens (primary N) is 1. The van der Waals surface area contributed by atoms with Gasteiger partial charge in [-0.3, -0.25) is 4.79 Å². The van der Waals surface area contributed by atoms with Gasteiger partial charge in [0.15, 0.2) is 17.5 Å². The van der Waals surface area contributed by atoms with Gasteiger partial charge >= 0.3 is 0 Å². The van der Waals surface area contributed by atoms with Crippen LogP contribution in [-0.2, 0) is 4.79 Å². The second kappa shape index (κ2) is 7.71. The summed E-state index contributed by atoms with van der Waals surface area (Å²) in [6.07, 6.45) is 4.84. The number of nitrogen functional groups attached to an aromatic ring is 1. The Balaban J connectivity index is 1.84. The third-order valence-electron chi connectivity index (χ3n) is 4.38. The molecule has 1 aromatic heterocycles. The summed E-state index contributed by atoms with van der Waals surface area (Å²) in [4.78, 5) is 25.1. The van der Waals surface area contributed by atoms with Crippen molar-refractivity contribution in [3.8, 4) is 6.07 Å². The number of Topliss-reactive ketones (excluding diaryl/α,β-unsaturated/α-hetero) is 1. The molecule has 128 valence electrons. The summed E-state index contributed by atoms with van der Waals surface area (Å²) in [7, 11) is 0. The third-order valence-corrected chi connectivity index (χ3v) is 4.38. The molecular weight excluding hydrogens is 316 g/mol. The molecule has 3 N–H and O–H groups in total. The van der Waals surface area contributed by atoms with Crippen LogP contribution >= 0.6 is 0 Å². The molecule has 25 heavy (non-hydrogen) atoms. The molecule has 7 heteroatoms. The lowest BCUT2D eigenvalue weighted by molar-refractivity contribution is -0.124. The zero-order valence-electron chi connectivity index (χ0n) is 13.9. The summed E-state index contributed by atoms with van der Waals surface area (Å²) < 4.78 is 0. The first-order chi connectivity index (χ1) is 12.2. The standard InChI is InChI=1S/C18H20N6O/c19-11-14(15(25)12-7-3-1-4-8-12)16-22-17(20)24-18(23-16)21-13-9-5-2-6-10-13/h2,5-6,9-10,12,14H,1,3-4,7-8H2,(H3,20,21,22,23,24). The van der Waals surface area contributed by atoms with Crippen molar-refractivity contribution in [1.29, 1.82) is 5.26 Å². The van der Waals surface area contributed by atoms with Crippen LogP contribution in [-0.4, -0.2) is 20.7 Å². The molecule has 0 bridgehead atoms. The van der Waals surface area contributed by atoms with E-state index in [1.54, 1.807) is 0 Å². The molecule has 0 radical (unpaired) electrons. The number of carbonyl (C=O) groups excluding carboxylic acids is 1. The minimum atomic E-state index is -1.01. The van der Waals surface area contributed by atoms with Crippen molar-refractivity contribution in [3.05, 3.63) is 36.2 Å². The van der Waals surface area contributed by atoms with Gasteiger partial charge in [0.2, 0.25) is 11.9 Å². The Hall–Kier alpha value is -3.01. The Kier molecular flexibility index (Phi) is 5.19. The summed E-state index contributed by atoms with van der Waals surface area (Å²) in [5.74, 6) is -0.889. The molecule has 1 aliphatic rings. The number of nitrogens with one attached hydrogen (secondary N) is 1. The number of hydrogen-bond donors (Lipinski definition) is 2. The van der Waals surface area contributed by atoms with E-state index in [0.717, 1.165) is 37.8 Å². The second-order valence-electron chi connectivity index (χ2n) is 6.17. The minimum absolute atomic E-state index is 0.0138. The van der Waals surface area contributed by atoms with Gasteiger partial charge in [-0.25, -0.2) is 0 Å². The predicted molar refractivity (Wildman–Crippen MR) is 93.9 cm³/mol. The molecule has 1 saturated carbocycles. The first-order valence-electron chi connectivity index (χ1n) is 8.44. The number of hydrogen-bond acceptors (Lipinski definition) is 7. The van der Waals surface area contributed by atoms with E-state index in [2.05, 4.69) is 20.3 Å². The number of aromatic nitrogens is 3. The molecule has 1 unspecified atom stereocenters. The summed E-state index contributed by atoms with van der Waals surface area (Å²) in [6.45, 7) is 0. The average molecular weight is 336 g/mol. The normalized spacial score (nSPS) is 16.0. The maximum atomic E-state index is 12.7. The van der Waals surface area contributed by atoms with Crippen molar-refractivity contribution in [3.63, 3.8) is 0 Å². The maximum absolute atomic E-state index is 12.7. The van der Waals surface area contributed by atoms with E-state index in [-0.39, 0.29) is 29.4 Å². The maximum Gasteiger partial charge on any atom is 0.232 e. The zero-order chi connectivity index (χ0) is 17.6. The Labute approximate surface area is 146 Å². The number of rotatable bonds is 5. The van der Waals surface area contributed by atoms with Crippen LogP contribution in [0.15, 0.2) is 30.3 Å². The molecule has 1 fully saturated rings. The monoisotopic (exact) mass is 336 g/mol. The Morgan fingerprint density at radius 2 is 1.88 bits per heavy atom. The average Bonchev–Trinajstić information content (AvgIpc) is 2.63. The molecule has 7 nitrogen and oxygen atoms in total. The van der Waals surface area contributed by atoms with Crippen LogP contribution in [0.25, 0.3) is 0 Å². The van der Waals surface area contributed by atoms with Gasteiger partial charge in [-0.2, -0.15) is 20.2 Å². The van der Waals surface area contributed by atoms with Gasteiger partial charge in [0, 0.05) is 11.6 Å².